The number of benzene rings is 2. The van der Waals surface area contributed by atoms with Crippen LogP contribution in [-0.4, -0.2) is 31.9 Å². The van der Waals surface area contributed by atoms with E-state index in [1.165, 1.54) is 11.7 Å². The summed E-state index contributed by atoms with van der Waals surface area (Å²) in [5, 5.41) is 17.1. The zero-order chi connectivity index (χ0) is 22.7. The Morgan fingerprint density at radius 3 is 2.53 bits per heavy atom. The van der Waals surface area contributed by atoms with E-state index in [0.717, 1.165) is 21.5 Å². The topological polar surface area (TPSA) is 108 Å². The Hall–Kier alpha value is -4.45. The van der Waals surface area contributed by atoms with Crippen LogP contribution in [-0.2, 0) is 13.7 Å². The first kappa shape index (κ1) is 20.8. The molecule has 0 aliphatic heterocycles. The SMILES string of the molecule is COc1cccc(-n2nnn(C)c2=O)c1COc1ccc(-c2ccccc2C#N)c(C)n1. The average molecular weight is 428 g/mol. The van der Waals surface area contributed by atoms with Crippen LogP contribution >= 0.6 is 0 Å². The van der Waals surface area contributed by atoms with Crippen molar-refractivity contribution >= 4 is 0 Å². The number of aryl methyl sites for hydroxylation is 2. The summed E-state index contributed by atoms with van der Waals surface area (Å²) in [6.45, 7) is 1.97. The average Bonchev–Trinajstić information content (AvgIpc) is 3.15. The van der Waals surface area contributed by atoms with Crippen molar-refractivity contribution in [3.8, 4) is 34.5 Å². The first-order valence-corrected chi connectivity index (χ1v) is 9.78. The van der Waals surface area contributed by atoms with Gasteiger partial charge in [0.1, 0.15) is 12.4 Å². The Balaban J connectivity index is 1.65. The molecule has 2 aromatic carbocycles. The second kappa shape index (κ2) is 8.73. The number of aromatic nitrogens is 5. The normalized spacial score (nSPS) is 10.6. The summed E-state index contributed by atoms with van der Waals surface area (Å²) >= 11 is 0. The van der Waals surface area contributed by atoms with Crippen LogP contribution in [0.25, 0.3) is 16.8 Å². The van der Waals surface area contributed by atoms with Gasteiger partial charge >= 0.3 is 5.69 Å². The van der Waals surface area contributed by atoms with Crippen LogP contribution in [0, 0.1) is 18.3 Å². The summed E-state index contributed by atoms with van der Waals surface area (Å²) < 4.78 is 13.8. The van der Waals surface area contributed by atoms with E-state index >= 15 is 0 Å². The maximum Gasteiger partial charge on any atom is 0.368 e. The van der Waals surface area contributed by atoms with E-state index < -0.39 is 0 Å². The fourth-order valence-electron chi connectivity index (χ4n) is 3.42. The highest BCUT2D eigenvalue weighted by Gasteiger charge is 2.16. The molecular weight excluding hydrogens is 408 g/mol. The van der Waals surface area contributed by atoms with Crippen molar-refractivity contribution in [1.29, 1.82) is 5.26 Å². The fourth-order valence-corrected chi connectivity index (χ4v) is 3.42. The molecule has 32 heavy (non-hydrogen) atoms. The van der Waals surface area contributed by atoms with E-state index in [-0.39, 0.29) is 12.3 Å². The molecule has 4 aromatic rings. The van der Waals surface area contributed by atoms with Crippen LogP contribution in [0.3, 0.4) is 0 Å². The molecule has 0 aliphatic rings. The summed E-state index contributed by atoms with van der Waals surface area (Å²) in [6.07, 6.45) is 0. The van der Waals surface area contributed by atoms with E-state index in [1.807, 2.05) is 31.2 Å². The van der Waals surface area contributed by atoms with E-state index in [0.29, 0.717) is 28.4 Å². The molecule has 0 atom stereocenters. The van der Waals surface area contributed by atoms with Crippen LogP contribution in [0.1, 0.15) is 16.8 Å². The number of rotatable bonds is 6. The highest BCUT2D eigenvalue weighted by Crippen LogP contribution is 2.29. The third kappa shape index (κ3) is 3.81. The Bertz CT molecular complexity index is 1380. The quantitative estimate of drug-likeness (QED) is 0.465. The maximum absolute atomic E-state index is 12.3. The van der Waals surface area contributed by atoms with Crippen LogP contribution in [0.2, 0.25) is 0 Å². The lowest BCUT2D eigenvalue weighted by atomic mass is 9.99. The molecule has 0 spiro atoms. The number of nitrogens with zero attached hydrogens (tertiary/aromatic N) is 6. The summed E-state index contributed by atoms with van der Waals surface area (Å²) in [6, 6.07) is 18.5. The Morgan fingerprint density at radius 2 is 1.84 bits per heavy atom. The van der Waals surface area contributed by atoms with Crippen molar-refractivity contribution in [2.75, 3.05) is 7.11 Å². The fraction of sp³-hybridized carbons (Fsp3) is 0.174. The van der Waals surface area contributed by atoms with E-state index in [4.69, 9.17) is 9.47 Å². The molecule has 9 heteroatoms. The maximum atomic E-state index is 12.3. The third-order valence-corrected chi connectivity index (χ3v) is 5.04. The van der Waals surface area contributed by atoms with Gasteiger partial charge in [0.15, 0.2) is 0 Å². The molecule has 0 fully saturated rings. The monoisotopic (exact) mass is 428 g/mol. The Morgan fingerprint density at radius 1 is 1.03 bits per heavy atom. The van der Waals surface area contributed by atoms with Crippen molar-refractivity contribution in [2.24, 2.45) is 7.05 Å². The molecule has 0 bridgehead atoms. The molecule has 0 saturated heterocycles. The lowest BCUT2D eigenvalue weighted by molar-refractivity contribution is 0.284. The van der Waals surface area contributed by atoms with Crippen LogP contribution in [0.4, 0.5) is 0 Å². The van der Waals surface area contributed by atoms with E-state index in [9.17, 15) is 10.1 Å². The number of pyridine rings is 1. The molecule has 0 amide bonds. The highest BCUT2D eigenvalue weighted by atomic mass is 16.5. The summed E-state index contributed by atoms with van der Waals surface area (Å²) in [5.41, 5.74) is 3.76. The summed E-state index contributed by atoms with van der Waals surface area (Å²) in [5.74, 6) is 0.959. The molecular formula is C23H20N6O3. The molecule has 0 saturated carbocycles. The van der Waals surface area contributed by atoms with Gasteiger partial charge in [0.05, 0.1) is 30.0 Å². The van der Waals surface area contributed by atoms with Gasteiger partial charge in [-0.15, -0.1) is 0 Å². The number of ether oxygens (including phenoxy) is 2. The molecule has 160 valence electrons. The number of tetrazole rings is 1. The van der Waals surface area contributed by atoms with Gasteiger partial charge in [-0.1, -0.05) is 24.3 Å². The van der Waals surface area contributed by atoms with E-state index in [1.54, 1.807) is 37.4 Å². The molecule has 0 N–H and O–H groups in total. The van der Waals surface area contributed by atoms with Gasteiger partial charge in [0.2, 0.25) is 5.88 Å². The molecule has 0 unspecified atom stereocenters. The third-order valence-electron chi connectivity index (χ3n) is 5.04. The molecule has 2 heterocycles. The molecule has 0 radical (unpaired) electrons. The zero-order valence-corrected chi connectivity index (χ0v) is 17.8. The predicted octanol–water partition coefficient (Wildman–Crippen LogP) is 2.80. The minimum Gasteiger partial charge on any atom is -0.496 e. The van der Waals surface area contributed by atoms with Gasteiger partial charge in [-0.25, -0.2) is 9.78 Å². The number of hydrogen-bond acceptors (Lipinski definition) is 7. The second-order valence-electron chi connectivity index (χ2n) is 6.98. The number of nitriles is 1. The molecule has 0 aliphatic carbocycles. The lowest BCUT2D eigenvalue weighted by Gasteiger charge is -2.14. The first-order valence-electron chi connectivity index (χ1n) is 9.78. The minimum atomic E-state index is -0.381. The Labute approximate surface area is 184 Å². The van der Waals surface area contributed by atoms with Crippen molar-refractivity contribution in [2.45, 2.75) is 13.5 Å². The van der Waals surface area contributed by atoms with Crippen molar-refractivity contribution in [3.63, 3.8) is 0 Å². The van der Waals surface area contributed by atoms with Gasteiger partial charge in [-0.2, -0.15) is 14.6 Å². The Kier molecular flexibility index (Phi) is 5.68. The van der Waals surface area contributed by atoms with E-state index in [2.05, 4.69) is 21.5 Å². The minimum absolute atomic E-state index is 0.100. The van der Waals surface area contributed by atoms with Gasteiger partial charge in [-0.3, -0.25) is 0 Å². The zero-order valence-electron chi connectivity index (χ0n) is 17.8. The molecule has 2 aromatic heterocycles. The lowest BCUT2D eigenvalue weighted by Crippen LogP contribution is -2.23. The molecule has 9 nitrogen and oxygen atoms in total. The standard InChI is InChI=1S/C23H20N6O3/c1-15-17(18-8-5-4-7-16(18)13-24)11-12-22(25-15)32-14-19-20(9-6-10-21(19)31-3)29-23(30)28(2)26-27-29/h4-12H,14H2,1-3H3. The number of hydrogen-bond donors (Lipinski definition) is 0. The highest BCUT2D eigenvalue weighted by molar-refractivity contribution is 5.72. The van der Waals surface area contributed by atoms with Gasteiger partial charge < -0.3 is 9.47 Å². The van der Waals surface area contributed by atoms with Crippen molar-refractivity contribution < 1.29 is 9.47 Å². The largest absolute Gasteiger partial charge is 0.496 e. The second-order valence-corrected chi connectivity index (χ2v) is 6.98. The van der Waals surface area contributed by atoms with Crippen molar-refractivity contribution in [3.05, 3.63) is 81.9 Å². The predicted molar refractivity (Wildman–Crippen MR) is 117 cm³/mol. The van der Waals surface area contributed by atoms with Crippen LogP contribution < -0.4 is 15.2 Å². The van der Waals surface area contributed by atoms with Gasteiger partial charge in [0, 0.05) is 29.9 Å². The summed E-state index contributed by atoms with van der Waals surface area (Å²) in [4.78, 5) is 16.9. The van der Waals surface area contributed by atoms with Gasteiger partial charge in [0.25, 0.3) is 0 Å². The summed E-state index contributed by atoms with van der Waals surface area (Å²) in [7, 11) is 3.08. The first-order chi connectivity index (χ1) is 15.5. The number of methoxy groups -OCH3 is 1. The van der Waals surface area contributed by atoms with Crippen LogP contribution in [0.15, 0.2) is 59.4 Å². The van der Waals surface area contributed by atoms with Crippen molar-refractivity contribution in [1.82, 2.24) is 24.8 Å². The smallest absolute Gasteiger partial charge is 0.368 e. The van der Waals surface area contributed by atoms with Crippen LogP contribution in [0.5, 0.6) is 11.6 Å². The van der Waals surface area contributed by atoms with Gasteiger partial charge in [-0.05, 0) is 41.6 Å². The molecule has 4 rings (SSSR count).